The molecule has 1 aliphatic rings. The molecular formula is C15H20O2. The Morgan fingerprint density at radius 3 is 2.71 bits per heavy atom. The fourth-order valence-corrected chi connectivity index (χ4v) is 2.14. The van der Waals surface area contributed by atoms with Crippen LogP contribution in [0.3, 0.4) is 0 Å². The molecule has 17 heavy (non-hydrogen) atoms. The van der Waals surface area contributed by atoms with E-state index in [9.17, 15) is 4.79 Å². The number of ketones is 1. The zero-order valence-corrected chi connectivity index (χ0v) is 11.0. The lowest BCUT2D eigenvalue weighted by Gasteiger charge is -2.24. The smallest absolute Gasteiger partial charge is 0.168 e. The Bertz CT molecular complexity index is 441. The number of fused-ring (bicyclic) bond motifs is 1. The van der Waals surface area contributed by atoms with E-state index in [2.05, 4.69) is 6.92 Å². The summed E-state index contributed by atoms with van der Waals surface area (Å²) in [7, 11) is 0. The van der Waals surface area contributed by atoms with E-state index in [1.165, 1.54) is 5.56 Å². The fourth-order valence-electron chi connectivity index (χ4n) is 2.14. The highest BCUT2D eigenvalue weighted by molar-refractivity contribution is 6.00. The normalized spacial score (nSPS) is 19.4. The fraction of sp³-hybridized carbons (Fsp3) is 0.533. The van der Waals surface area contributed by atoms with Crippen LogP contribution in [0.5, 0.6) is 5.75 Å². The molecule has 2 rings (SSSR count). The minimum absolute atomic E-state index is 0.193. The number of carbonyl (C=O) groups excluding carboxylic acids is 1. The lowest BCUT2D eigenvalue weighted by Crippen LogP contribution is -2.21. The van der Waals surface area contributed by atoms with E-state index in [1.807, 2.05) is 39.0 Å². The summed E-state index contributed by atoms with van der Waals surface area (Å²) in [4.78, 5) is 12.2. The third-order valence-corrected chi connectivity index (χ3v) is 3.29. The van der Waals surface area contributed by atoms with E-state index in [4.69, 9.17) is 4.74 Å². The van der Waals surface area contributed by atoms with E-state index in [-0.39, 0.29) is 11.2 Å². The first-order valence-electron chi connectivity index (χ1n) is 6.21. The zero-order chi connectivity index (χ0) is 12.6. The molecule has 2 heteroatoms. The van der Waals surface area contributed by atoms with Crippen LogP contribution in [0.15, 0.2) is 18.2 Å². The van der Waals surface area contributed by atoms with Crippen molar-refractivity contribution in [1.82, 2.24) is 0 Å². The molecule has 0 aliphatic carbocycles. The predicted octanol–water partition coefficient (Wildman–Crippen LogP) is 3.80. The Labute approximate surface area is 103 Å². The summed E-state index contributed by atoms with van der Waals surface area (Å²) in [5.74, 6) is 1.61. The molecule has 0 amide bonds. The van der Waals surface area contributed by atoms with Gasteiger partial charge in [-0.1, -0.05) is 27.7 Å². The van der Waals surface area contributed by atoms with Crippen LogP contribution >= 0.6 is 0 Å². The quantitative estimate of drug-likeness (QED) is 0.688. The van der Waals surface area contributed by atoms with Crippen molar-refractivity contribution >= 4 is 5.78 Å². The van der Waals surface area contributed by atoms with Crippen molar-refractivity contribution in [2.24, 2.45) is 5.41 Å². The number of hydrogen-bond acceptors (Lipinski definition) is 2. The number of rotatable bonds is 1. The summed E-state index contributed by atoms with van der Waals surface area (Å²) in [5.41, 5.74) is 1.65. The predicted molar refractivity (Wildman–Crippen MR) is 68.8 cm³/mol. The van der Waals surface area contributed by atoms with Gasteiger partial charge in [-0.3, -0.25) is 4.79 Å². The van der Waals surface area contributed by atoms with Crippen LogP contribution in [-0.2, 0) is 0 Å². The monoisotopic (exact) mass is 232 g/mol. The van der Waals surface area contributed by atoms with Gasteiger partial charge in [0.1, 0.15) is 5.75 Å². The molecule has 0 spiro atoms. The van der Waals surface area contributed by atoms with Gasteiger partial charge in [-0.25, -0.2) is 0 Å². The van der Waals surface area contributed by atoms with Crippen LogP contribution in [0.2, 0.25) is 0 Å². The van der Waals surface area contributed by atoms with E-state index in [0.29, 0.717) is 5.92 Å². The van der Waals surface area contributed by atoms with Gasteiger partial charge in [0.2, 0.25) is 0 Å². The second-order valence-electron chi connectivity index (χ2n) is 5.87. The van der Waals surface area contributed by atoms with Crippen molar-refractivity contribution in [2.75, 3.05) is 6.61 Å². The van der Waals surface area contributed by atoms with Crippen molar-refractivity contribution in [3.8, 4) is 5.75 Å². The van der Waals surface area contributed by atoms with E-state index in [1.54, 1.807) is 0 Å². The van der Waals surface area contributed by atoms with E-state index < -0.39 is 0 Å². The first-order valence-corrected chi connectivity index (χ1v) is 6.21. The van der Waals surface area contributed by atoms with Gasteiger partial charge in [0, 0.05) is 11.0 Å². The summed E-state index contributed by atoms with van der Waals surface area (Å²) in [6.07, 6.45) is 1.03. The van der Waals surface area contributed by atoms with Gasteiger partial charge in [-0.15, -0.1) is 0 Å². The van der Waals surface area contributed by atoms with Crippen molar-refractivity contribution in [2.45, 2.75) is 40.0 Å². The molecule has 0 bridgehead atoms. The second kappa shape index (κ2) is 4.17. The number of ether oxygens (including phenoxy) is 1. The Balaban J connectivity index is 2.39. The van der Waals surface area contributed by atoms with Gasteiger partial charge >= 0.3 is 0 Å². The molecule has 0 saturated heterocycles. The van der Waals surface area contributed by atoms with Crippen LogP contribution < -0.4 is 4.74 Å². The van der Waals surface area contributed by atoms with Crippen molar-refractivity contribution in [1.29, 1.82) is 0 Å². The number of benzene rings is 1. The summed E-state index contributed by atoms with van der Waals surface area (Å²) in [5, 5.41) is 0. The lowest BCUT2D eigenvalue weighted by molar-refractivity contribution is 0.0858. The average molecular weight is 232 g/mol. The molecule has 1 aliphatic heterocycles. The average Bonchev–Trinajstić information content (AvgIpc) is 2.27. The highest BCUT2D eigenvalue weighted by atomic mass is 16.5. The minimum atomic E-state index is -0.326. The molecular weight excluding hydrogens is 212 g/mol. The molecule has 1 aromatic carbocycles. The zero-order valence-electron chi connectivity index (χ0n) is 11.0. The van der Waals surface area contributed by atoms with Crippen LogP contribution in [0.1, 0.15) is 56.0 Å². The van der Waals surface area contributed by atoms with Crippen molar-refractivity contribution < 1.29 is 9.53 Å². The summed E-state index contributed by atoms with van der Waals surface area (Å²) in [6.45, 7) is 8.82. The Hall–Kier alpha value is -1.31. The third-order valence-electron chi connectivity index (χ3n) is 3.29. The van der Waals surface area contributed by atoms with Gasteiger partial charge in [-0.2, -0.15) is 0 Å². The summed E-state index contributed by atoms with van der Waals surface area (Å²) >= 11 is 0. The van der Waals surface area contributed by atoms with Crippen LogP contribution in [0, 0.1) is 5.41 Å². The molecule has 0 saturated carbocycles. The van der Waals surface area contributed by atoms with Crippen molar-refractivity contribution in [3.63, 3.8) is 0 Å². The van der Waals surface area contributed by atoms with Gasteiger partial charge in [0.15, 0.2) is 5.78 Å². The van der Waals surface area contributed by atoms with E-state index >= 15 is 0 Å². The molecule has 0 N–H and O–H groups in total. The van der Waals surface area contributed by atoms with Crippen LogP contribution in [0.25, 0.3) is 0 Å². The summed E-state index contributed by atoms with van der Waals surface area (Å²) in [6, 6.07) is 5.82. The minimum Gasteiger partial charge on any atom is -0.493 e. The molecule has 1 atom stereocenters. The number of carbonyl (C=O) groups is 1. The first-order chi connectivity index (χ1) is 7.89. The molecule has 1 aromatic rings. The SMILES string of the molecule is C[C@@H]1CCOc2ccc(C(=O)C(C)(C)C)cc21. The maximum absolute atomic E-state index is 12.2. The Kier molecular flexibility index (Phi) is 2.98. The number of Topliss-reactive ketones (excluding diaryl/α,β-unsaturated/α-hetero) is 1. The highest BCUT2D eigenvalue weighted by Crippen LogP contribution is 2.35. The molecule has 0 aromatic heterocycles. The molecule has 2 nitrogen and oxygen atoms in total. The standard InChI is InChI=1S/C15H20O2/c1-10-7-8-17-13-6-5-11(9-12(10)13)14(16)15(2,3)4/h5-6,9-10H,7-8H2,1-4H3/t10-/m1/s1. The largest absolute Gasteiger partial charge is 0.493 e. The lowest BCUT2D eigenvalue weighted by atomic mass is 9.84. The maximum atomic E-state index is 12.2. The maximum Gasteiger partial charge on any atom is 0.168 e. The van der Waals surface area contributed by atoms with Gasteiger partial charge in [0.25, 0.3) is 0 Å². The molecule has 92 valence electrons. The Morgan fingerprint density at radius 2 is 2.06 bits per heavy atom. The first kappa shape index (κ1) is 12.2. The molecule has 1 heterocycles. The van der Waals surface area contributed by atoms with Crippen LogP contribution in [-0.4, -0.2) is 12.4 Å². The topological polar surface area (TPSA) is 26.3 Å². The highest BCUT2D eigenvalue weighted by Gasteiger charge is 2.25. The Morgan fingerprint density at radius 1 is 1.35 bits per heavy atom. The third kappa shape index (κ3) is 2.36. The van der Waals surface area contributed by atoms with Gasteiger partial charge < -0.3 is 4.74 Å². The van der Waals surface area contributed by atoms with Gasteiger partial charge in [0.05, 0.1) is 6.61 Å². The summed E-state index contributed by atoms with van der Waals surface area (Å²) < 4.78 is 5.60. The van der Waals surface area contributed by atoms with Crippen molar-refractivity contribution in [3.05, 3.63) is 29.3 Å². The van der Waals surface area contributed by atoms with Gasteiger partial charge in [-0.05, 0) is 36.1 Å². The van der Waals surface area contributed by atoms with E-state index in [0.717, 1.165) is 24.3 Å². The second-order valence-corrected chi connectivity index (χ2v) is 5.87. The molecule has 0 radical (unpaired) electrons. The number of hydrogen-bond donors (Lipinski definition) is 0. The molecule has 0 fully saturated rings. The van der Waals surface area contributed by atoms with Crippen LogP contribution in [0.4, 0.5) is 0 Å². The molecule has 0 unspecified atom stereocenters.